The summed E-state index contributed by atoms with van der Waals surface area (Å²) in [5.74, 6) is 0.122. The third kappa shape index (κ3) is 3.08. The molecule has 20 heavy (non-hydrogen) atoms. The Kier molecular flexibility index (Phi) is 4.25. The van der Waals surface area contributed by atoms with Crippen LogP contribution in [0.5, 0.6) is 0 Å². The van der Waals surface area contributed by atoms with Crippen LogP contribution in [-0.4, -0.2) is 10.9 Å². The lowest BCUT2D eigenvalue weighted by Gasteiger charge is -2.10. The Bertz CT molecular complexity index is 656. The van der Waals surface area contributed by atoms with Crippen LogP contribution in [0.4, 0.5) is 11.5 Å². The monoisotopic (exact) mass is 289 g/mol. The van der Waals surface area contributed by atoms with Crippen LogP contribution in [0.25, 0.3) is 0 Å². The third-order valence-electron chi connectivity index (χ3n) is 3.04. The fraction of sp³-hybridized carbons (Fsp3) is 0.200. The second-order valence-corrected chi connectivity index (χ2v) is 4.90. The van der Waals surface area contributed by atoms with Crippen molar-refractivity contribution in [1.82, 2.24) is 4.98 Å². The van der Waals surface area contributed by atoms with Gasteiger partial charge in [0.05, 0.1) is 0 Å². The summed E-state index contributed by atoms with van der Waals surface area (Å²) in [5.41, 5.74) is 8.52. The fourth-order valence-corrected chi connectivity index (χ4v) is 2.03. The quantitative estimate of drug-likeness (QED) is 0.909. The van der Waals surface area contributed by atoms with Gasteiger partial charge in [-0.1, -0.05) is 24.6 Å². The molecule has 0 bridgehead atoms. The first-order valence-electron chi connectivity index (χ1n) is 6.34. The lowest BCUT2D eigenvalue weighted by molar-refractivity contribution is 0.102. The van der Waals surface area contributed by atoms with Gasteiger partial charge in [-0.15, -0.1) is 0 Å². The number of aryl methyl sites for hydroxylation is 1. The molecule has 3 N–H and O–H groups in total. The number of anilines is 2. The van der Waals surface area contributed by atoms with Crippen molar-refractivity contribution in [1.29, 1.82) is 0 Å². The number of aromatic nitrogens is 1. The topological polar surface area (TPSA) is 68.0 Å². The molecular formula is C15H16ClN3O. The van der Waals surface area contributed by atoms with Gasteiger partial charge < -0.3 is 11.1 Å². The van der Waals surface area contributed by atoms with Crippen LogP contribution in [0.15, 0.2) is 30.3 Å². The molecule has 1 aromatic carbocycles. The predicted octanol–water partition coefficient (Wildman–Crippen LogP) is 3.44. The third-order valence-corrected chi connectivity index (χ3v) is 3.45. The van der Waals surface area contributed by atoms with E-state index in [1.54, 1.807) is 24.3 Å². The molecule has 0 aliphatic carbocycles. The summed E-state index contributed by atoms with van der Waals surface area (Å²) in [4.78, 5) is 16.4. The molecule has 0 unspecified atom stereocenters. The highest BCUT2D eigenvalue weighted by molar-refractivity contribution is 6.31. The number of amides is 1. The van der Waals surface area contributed by atoms with Crippen LogP contribution in [-0.2, 0) is 6.42 Å². The summed E-state index contributed by atoms with van der Waals surface area (Å²) in [6, 6.07) is 8.69. The molecule has 104 valence electrons. The number of carbonyl (C=O) groups excluding carboxylic acids is 1. The van der Waals surface area contributed by atoms with Gasteiger partial charge in [-0.25, -0.2) is 4.98 Å². The van der Waals surface area contributed by atoms with Gasteiger partial charge in [0.1, 0.15) is 5.82 Å². The molecule has 0 aliphatic rings. The van der Waals surface area contributed by atoms with Crippen molar-refractivity contribution in [2.75, 3.05) is 11.1 Å². The summed E-state index contributed by atoms with van der Waals surface area (Å²) >= 11 is 6.03. The molecule has 2 rings (SSSR count). The number of hydrogen-bond acceptors (Lipinski definition) is 3. The van der Waals surface area contributed by atoms with Gasteiger partial charge in [0.15, 0.2) is 0 Å². The van der Waals surface area contributed by atoms with E-state index in [9.17, 15) is 4.79 Å². The number of hydrogen-bond donors (Lipinski definition) is 2. The summed E-state index contributed by atoms with van der Waals surface area (Å²) in [6.45, 7) is 3.82. The van der Waals surface area contributed by atoms with E-state index in [0.717, 1.165) is 17.7 Å². The minimum absolute atomic E-state index is 0.223. The first-order chi connectivity index (χ1) is 9.51. The van der Waals surface area contributed by atoms with E-state index in [1.807, 2.05) is 19.9 Å². The van der Waals surface area contributed by atoms with Gasteiger partial charge >= 0.3 is 0 Å². The van der Waals surface area contributed by atoms with Gasteiger partial charge in [-0.3, -0.25) is 4.79 Å². The molecule has 1 amide bonds. The van der Waals surface area contributed by atoms with Crippen LogP contribution in [0.2, 0.25) is 5.02 Å². The molecule has 0 fully saturated rings. The predicted molar refractivity (Wildman–Crippen MR) is 82.2 cm³/mol. The summed E-state index contributed by atoms with van der Waals surface area (Å²) < 4.78 is 0. The van der Waals surface area contributed by atoms with Crippen molar-refractivity contribution in [3.05, 3.63) is 52.2 Å². The first kappa shape index (κ1) is 14.3. The van der Waals surface area contributed by atoms with Gasteiger partial charge in [0.2, 0.25) is 0 Å². The average Bonchev–Trinajstić information content (AvgIpc) is 2.43. The maximum absolute atomic E-state index is 12.3. The maximum atomic E-state index is 12.3. The van der Waals surface area contributed by atoms with Crippen molar-refractivity contribution in [2.45, 2.75) is 20.3 Å². The zero-order chi connectivity index (χ0) is 14.7. The first-order valence-corrected chi connectivity index (χ1v) is 6.72. The maximum Gasteiger partial charge on any atom is 0.255 e. The Hall–Kier alpha value is -2.07. The molecule has 1 aromatic heterocycles. The van der Waals surface area contributed by atoms with E-state index in [4.69, 9.17) is 17.3 Å². The summed E-state index contributed by atoms with van der Waals surface area (Å²) in [7, 11) is 0. The van der Waals surface area contributed by atoms with E-state index in [1.165, 1.54) is 0 Å². The van der Waals surface area contributed by atoms with Crippen LogP contribution >= 0.6 is 11.6 Å². The number of nitrogens with one attached hydrogen (secondary N) is 1. The minimum Gasteiger partial charge on any atom is -0.384 e. The van der Waals surface area contributed by atoms with Gasteiger partial charge in [-0.2, -0.15) is 0 Å². The summed E-state index contributed by atoms with van der Waals surface area (Å²) in [6.07, 6.45) is 0.724. The molecule has 0 atom stereocenters. The Morgan fingerprint density at radius 2 is 2.15 bits per heavy atom. The van der Waals surface area contributed by atoms with Crippen molar-refractivity contribution in [3.63, 3.8) is 0 Å². The van der Waals surface area contributed by atoms with Crippen LogP contribution in [0, 0.1) is 6.92 Å². The average molecular weight is 290 g/mol. The van der Waals surface area contributed by atoms with Gasteiger partial charge in [0, 0.05) is 22.0 Å². The van der Waals surface area contributed by atoms with E-state index < -0.39 is 0 Å². The van der Waals surface area contributed by atoms with Crippen molar-refractivity contribution < 1.29 is 4.79 Å². The van der Waals surface area contributed by atoms with E-state index >= 15 is 0 Å². The number of nitrogen functional groups attached to an aromatic ring is 1. The molecule has 0 radical (unpaired) electrons. The number of halogens is 1. The molecule has 4 nitrogen and oxygen atoms in total. The fourth-order valence-electron chi connectivity index (χ4n) is 1.86. The number of carbonyl (C=O) groups is 1. The highest BCUT2D eigenvalue weighted by Gasteiger charge is 2.11. The lowest BCUT2D eigenvalue weighted by atomic mass is 10.1. The molecule has 1 heterocycles. The zero-order valence-corrected chi connectivity index (χ0v) is 12.2. The lowest BCUT2D eigenvalue weighted by Crippen LogP contribution is -2.14. The number of nitrogens with zero attached hydrogens (tertiary/aromatic N) is 1. The molecule has 0 saturated carbocycles. The number of nitrogens with two attached hydrogens (primary N) is 1. The second-order valence-electron chi connectivity index (χ2n) is 4.49. The number of pyridine rings is 1. The number of rotatable bonds is 3. The standard InChI is InChI=1S/C15H16ClN3O/c1-3-11-7-10(8-14(17)18-11)15(20)19-13-6-4-5-12(16)9(13)2/h4-8H,3H2,1-2H3,(H2,17,18)(H,19,20). The van der Waals surface area contributed by atoms with Gasteiger partial charge in [0.25, 0.3) is 5.91 Å². The van der Waals surface area contributed by atoms with Crippen molar-refractivity contribution in [3.8, 4) is 0 Å². The van der Waals surface area contributed by atoms with E-state index in [-0.39, 0.29) is 5.91 Å². The normalized spacial score (nSPS) is 10.3. The van der Waals surface area contributed by atoms with E-state index in [0.29, 0.717) is 22.1 Å². The van der Waals surface area contributed by atoms with Crippen molar-refractivity contribution in [2.24, 2.45) is 0 Å². The van der Waals surface area contributed by atoms with Gasteiger partial charge in [-0.05, 0) is 43.2 Å². The highest BCUT2D eigenvalue weighted by atomic mass is 35.5. The van der Waals surface area contributed by atoms with Crippen LogP contribution in [0.1, 0.15) is 28.5 Å². The van der Waals surface area contributed by atoms with Crippen LogP contribution in [0.3, 0.4) is 0 Å². The molecule has 5 heteroatoms. The molecule has 0 spiro atoms. The Labute approximate surface area is 123 Å². The van der Waals surface area contributed by atoms with Crippen LogP contribution < -0.4 is 11.1 Å². The minimum atomic E-state index is -0.223. The smallest absolute Gasteiger partial charge is 0.255 e. The summed E-state index contributed by atoms with van der Waals surface area (Å²) in [5, 5.41) is 3.46. The molecule has 2 aromatic rings. The Morgan fingerprint density at radius 1 is 1.40 bits per heavy atom. The molecule has 0 saturated heterocycles. The van der Waals surface area contributed by atoms with Crippen molar-refractivity contribution >= 4 is 29.0 Å². The Balaban J connectivity index is 2.28. The van der Waals surface area contributed by atoms with E-state index in [2.05, 4.69) is 10.3 Å². The zero-order valence-electron chi connectivity index (χ0n) is 11.4. The Morgan fingerprint density at radius 3 is 2.85 bits per heavy atom. The SMILES string of the molecule is CCc1cc(C(=O)Nc2cccc(Cl)c2C)cc(N)n1. The largest absolute Gasteiger partial charge is 0.384 e. The molecule has 0 aliphatic heterocycles. The number of benzene rings is 1. The second kappa shape index (κ2) is 5.92. The molecular weight excluding hydrogens is 274 g/mol. The highest BCUT2D eigenvalue weighted by Crippen LogP contribution is 2.23.